The molecule has 0 saturated carbocycles. The molecule has 2 heteroatoms. The van der Waals surface area contributed by atoms with Crippen molar-refractivity contribution in [2.24, 2.45) is 5.41 Å². The van der Waals surface area contributed by atoms with E-state index in [2.05, 4.69) is 53.6 Å². The zero-order chi connectivity index (χ0) is 9.94. The van der Waals surface area contributed by atoms with E-state index in [1.807, 2.05) is 11.8 Å². The lowest BCUT2D eigenvalue weighted by molar-refractivity contribution is 0.230. The number of hydrogen-bond acceptors (Lipinski definition) is 2. The van der Waals surface area contributed by atoms with E-state index >= 15 is 0 Å². The molecule has 0 aromatic heterocycles. The molecule has 0 aliphatic heterocycles. The van der Waals surface area contributed by atoms with Crippen LogP contribution in [0.5, 0.6) is 0 Å². The molecule has 0 saturated heterocycles. The minimum atomic E-state index is 0.360. The summed E-state index contributed by atoms with van der Waals surface area (Å²) in [6, 6.07) is 0. The molecule has 1 unspecified atom stereocenters. The minimum Gasteiger partial charge on any atom is -0.297 e. The summed E-state index contributed by atoms with van der Waals surface area (Å²) in [5.41, 5.74) is 0.360. The van der Waals surface area contributed by atoms with Crippen LogP contribution in [0.4, 0.5) is 0 Å². The molecule has 12 heavy (non-hydrogen) atoms. The monoisotopic (exact) mass is 189 g/mol. The second-order valence-electron chi connectivity index (χ2n) is 4.87. The van der Waals surface area contributed by atoms with E-state index in [1.165, 1.54) is 0 Å². The Morgan fingerprint density at radius 1 is 1.08 bits per heavy atom. The van der Waals surface area contributed by atoms with Gasteiger partial charge in [0.15, 0.2) is 0 Å². The third-order valence-corrected chi connectivity index (χ3v) is 3.54. The van der Waals surface area contributed by atoms with Gasteiger partial charge < -0.3 is 0 Å². The predicted molar refractivity (Wildman–Crippen MR) is 59.7 cm³/mol. The number of thioether (sulfide) groups is 1. The standard InChI is InChI=1S/C10H23NS/c1-8(2)12-9(11(6)7)10(3,4)5/h8-9H,1-7H3. The Labute approximate surface area is 81.9 Å². The van der Waals surface area contributed by atoms with Crippen LogP contribution in [0.15, 0.2) is 0 Å². The van der Waals surface area contributed by atoms with Gasteiger partial charge in [0.25, 0.3) is 0 Å². The maximum Gasteiger partial charge on any atom is 0.0603 e. The molecule has 0 bridgehead atoms. The van der Waals surface area contributed by atoms with Crippen molar-refractivity contribution in [3.8, 4) is 0 Å². The van der Waals surface area contributed by atoms with Crippen LogP contribution in [-0.4, -0.2) is 29.6 Å². The zero-order valence-electron chi connectivity index (χ0n) is 9.51. The van der Waals surface area contributed by atoms with Crippen molar-refractivity contribution < 1.29 is 0 Å². The molecular weight excluding hydrogens is 166 g/mol. The third kappa shape index (κ3) is 4.36. The van der Waals surface area contributed by atoms with E-state index < -0.39 is 0 Å². The number of nitrogens with zero attached hydrogens (tertiary/aromatic N) is 1. The highest BCUT2D eigenvalue weighted by Crippen LogP contribution is 2.33. The SMILES string of the molecule is CC(C)SC(N(C)C)C(C)(C)C. The highest BCUT2D eigenvalue weighted by Gasteiger charge is 2.27. The minimum absolute atomic E-state index is 0.360. The first kappa shape index (κ1) is 12.3. The molecule has 0 fully saturated rings. The van der Waals surface area contributed by atoms with Crippen molar-refractivity contribution in [2.75, 3.05) is 14.1 Å². The Kier molecular flexibility index (Phi) is 4.64. The van der Waals surface area contributed by atoms with Crippen molar-refractivity contribution in [3.05, 3.63) is 0 Å². The van der Waals surface area contributed by atoms with Crippen molar-refractivity contribution in [1.29, 1.82) is 0 Å². The van der Waals surface area contributed by atoms with E-state index in [4.69, 9.17) is 0 Å². The quantitative estimate of drug-likeness (QED) is 0.628. The van der Waals surface area contributed by atoms with Crippen LogP contribution in [-0.2, 0) is 0 Å². The summed E-state index contributed by atoms with van der Waals surface area (Å²) < 4.78 is 0. The van der Waals surface area contributed by atoms with Crippen molar-refractivity contribution in [3.63, 3.8) is 0 Å². The van der Waals surface area contributed by atoms with Crippen molar-refractivity contribution in [2.45, 2.75) is 45.2 Å². The molecule has 0 aromatic rings. The van der Waals surface area contributed by atoms with E-state index in [0.717, 1.165) is 0 Å². The van der Waals surface area contributed by atoms with Gasteiger partial charge in [-0.3, -0.25) is 4.90 Å². The van der Waals surface area contributed by atoms with Gasteiger partial charge in [-0.25, -0.2) is 0 Å². The first-order valence-corrected chi connectivity index (χ1v) is 5.51. The fourth-order valence-electron chi connectivity index (χ4n) is 1.36. The molecule has 0 heterocycles. The first-order valence-electron chi connectivity index (χ1n) is 4.57. The normalized spacial score (nSPS) is 15.8. The third-order valence-electron chi connectivity index (χ3n) is 1.61. The maximum absolute atomic E-state index is 2.31. The van der Waals surface area contributed by atoms with Crippen molar-refractivity contribution >= 4 is 11.8 Å². The van der Waals surface area contributed by atoms with Crippen LogP contribution in [0.2, 0.25) is 0 Å². The van der Waals surface area contributed by atoms with Gasteiger partial charge in [0.05, 0.1) is 5.37 Å². The van der Waals surface area contributed by atoms with Crippen LogP contribution < -0.4 is 0 Å². The average molecular weight is 189 g/mol. The Morgan fingerprint density at radius 2 is 1.50 bits per heavy atom. The first-order chi connectivity index (χ1) is 5.25. The topological polar surface area (TPSA) is 3.24 Å². The van der Waals surface area contributed by atoms with Crippen molar-refractivity contribution in [1.82, 2.24) is 4.90 Å². The highest BCUT2D eigenvalue weighted by atomic mass is 32.2. The van der Waals surface area contributed by atoms with Gasteiger partial charge >= 0.3 is 0 Å². The summed E-state index contributed by atoms with van der Waals surface area (Å²) in [6.07, 6.45) is 0. The smallest absolute Gasteiger partial charge is 0.0603 e. The second kappa shape index (κ2) is 4.52. The average Bonchev–Trinajstić information content (AvgIpc) is 1.79. The van der Waals surface area contributed by atoms with Gasteiger partial charge in [0.1, 0.15) is 0 Å². The fourth-order valence-corrected chi connectivity index (χ4v) is 2.53. The lowest BCUT2D eigenvalue weighted by Gasteiger charge is -2.36. The van der Waals surface area contributed by atoms with Gasteiger partial charge in [-0.05, 0) is 19.5 Å². The van der Waals surface area contributed by atoms with Gasteiger partial charge in [-0.1, -0.05) is 34.6 Å². The molecule has 0 spiro atoms. The number of rotatable bonds is 3. The fraction of sp³-hybridized carbons (Fsp3) is 1.00. The molecular formula is C10H23NS. The van der Waals surface area contributed by atoms with Gasteiger partial charge in [0.2, 0.25) is 0 Å². The molecule has 0 aliphatic rings. The number of hydrogen-bond donors (Lipinski definition) is 0. The van der Waals surface area contributed by atoms with Crippen LogP contribution in [0, 0.1) is 5.41 Å². The Morgan fingerprint density at radius 3 is 1.58 bits per heavy atom. The van der Waals surface area contributed by atoms with E-state index in [-0.39, 0.29) is 0 Å². The Hall–Kier alpha value is 0.310. The predicted octanol–water partition coefficient (Wildman–Crippen LogP) is 3.06. The molecule has 0 amide bonds. The van der Waals surface area contributed by atoms with Gasteiger partial charge in [-0.15, -0.1) is 11.8 Å². The second-order valence-corrected chi connectivity index (χ2v) is 6.53. The van der Waals surface area contributed by atoms with E-state index in [0.29, 0.717) is 16.0 Å². The summed E-state index contributed by atoms with van der Waals surface area (Å²) in [5.74, 6) is 0. The van der Waals surface area contributed by atoms with Gasteiger partial charge in [-0.2, -0.15) is 0 Å². The lowest BCUT2D eigenvalue weighted by atomic mass is 9.96. The van der Waals surface area contributed by atoms with Gasteiger partial charge in [0, 0.05) is 5.25 Å². The molecule has 0 rings (SSSR count). The molecule has 0 aliphatic carbocycles. The summed E-state index contributed by atoms with van der Waals surface area (Å²) in [5, 5.41) is 1.31. The summed E-state index contributed by atoms with van der Waals surface area (Å²) in [6.45, 7) is 11.4. The Bertz CT molecular complexity index is 124. The lowest BCUT2D eigenvalue weighted by Crippen LogP contribution is -2.37. The highest BCUT2D eigenvalue weighted by molar-refractivity contribution is 8.00. The Balaban J connectivity index is 4.25. The van der Waals surface area contributed by atoms with Crippen LogP contribution in [0.1, 0.15) is 34.6 Å². The van der Waals surface area contributed by atoms with E-state index in [9.17, 15) is 0 Å². The van der Waals surface area contributed by atoms with E-state index in [1.54, 1.807) is 0 Å². The molecule has 0 radical (unpaired) electrons. The summed E-state index contributed by atoms with van der Waals surface area (Å²) >= 11 is 2.04. The molecule has 0 N–H and O–H groups in total. The van der Waals surface area contributed by atoms with Crippen LogP contribution in [0.25, 0.3) is 0 Å². The summed E-state index contributed by atoms with van der Waals surface area (Å²) in [4.78, 5) is 2.31. The summed E-state index contributed by atoms with van der Waals surface area (Å²) in [7, 11) is 4.32. The molecule has 74 valence electrons. The molecule has 1 atom stereocenters. The largest absolute Gasteiger partial charge is 0.297 e. The molecule has 1 nitrogen and oxygen atoms in total. The van der Waals surface area contributed by atoms with Crippen LogP contribution in [0.3, 0.4) is 0 Å². The zero-order valence-corrected chi connectivity index (χ0v) is 10.3. The maximum atomic E-state index is 2.31. The molecule has 0 aromatic carbocycles. The van der Waals surface area contributed by atoms with Crippen LogP contribution >= 0.6 is 11.8 Å².